The molecule has 0 spiro atoms. The first-order valence-corrected chi connectivity index (χ1v) is 5.42. The van der Waals surface area contributed by atoms with Crippen LogP contribution >= 0.6 is 0 Å². The lowest BCUT2D eigenvalue weighted by atomic mass is 9.92. The molecule has 0 aliphatic carbocycles. The van der Waals surface area contributed by atoms with Crippen LogP contribution < -0.4 is 5.32 Å². The van der Waals surface area contributed by atoms with Crippen molar-refractivity contribution in [1.29, 1.82) is 0 Å². The van der Waals surface area contributed by atoms with E-state index >= 15 is 0 Å². The van der Waals surface area contributed by atoms with E-state index in [9.17, 15) is 0 Å². The fourth-order valence-electron chi connectivity index (χ4n) is 1.20. The van der Waals surface area contributed by atoms with Crippen molar-refractivity contribution >= 4 is 0 Å². The van der Waals surface area contributed by atoms with Gasteiger partial charge in [0.1, 0.15) is 0 Å². The van der Waals surface area contributed by atoms with Crippen LogP contribution in [0.2, 0.25) is 0 Å². The van der Waals surface area contributed by atoms with Gasteiger partial charge in [-0.05, 0) is 5.41 Å². The smallest absolute Gasteiger partial charge is 0.240 e. The third-order valence-corrected chi connectivity index (χ3v) is 1.86. The first-order valence-electron chi connectivity index (χ1n) is 5.42. The zero-order chi connectivity index (χ0) is 11.5. The number of hydrogen-bond acceptors (Lipinski definition) is 4. The maximum atomic E-state index is 5.14. The predicted octanol–water partition coefficient (Wildman–Crippen LogP) is 2.16. The highest BCUT2D eigenvalue weighted by molar-refractivity contribution is 4.89. The van der Waals surface area contributed by atoms with E-state index in [1.54, 1.807) is 0 Å². The average Bonchev–Trinajstić information content (AvgIpc) is 2.45. The van der Waals surface area contributed by atoms with E-state index in [0.29, 0.717) is 18.5 Å². The molecule has 0 aliphatic heterocycles. The topological polar surface area (TPSA) is 51.0 Å². The molecular formula is C11H21N3O. The molecule has 86 valence electrons. The SMILES string of the molecule is CC(C)NCc1nc(CC(C)(C)C)no1. The van der Waals surface area contributed by atoms with Gasteiger partial charge in [-0.3, -0.25) is 0 Å². The van der Waals surface area contributed by atoms with Crippen molar-refractivity contribution in [3.63, 3.8) is 0 Å². The highest BCUT2D eigenvalue weighted by atomic mass is 16.5. The summed E-state index contributed by atoms with van der Waals surface area (Å²) in [6, 6.07) is 0.433. The maximum Gasteiger partial charge on any atom is 0.240 e. The largest absolute Gasteiger partial charge is 0.338 e. The molecule has 0 amide bonds. The molecule has 0 atom stereocenters. The van der Waals surface area contributed by atoms with Gasteiger partial charge in [0.2, 0.25) is 5.89 Å². The Hall–Kier alpha value is -0.900. The molecule has 15 heavy (non-hydrogen) atoms. The molecule has 0 saturated heterocycles. The number of aromatic nitrogens is 2. The van der Waals surface area contributed by atoms with Crippen molar-refractivity contribution in [2.24, 2.45) is 5.41 Å². The third-order valence-electron chi connectivity index (χ3n) is 1.86. The highest BCUT2D eigenvalue weighted by Crippen LogP contribution is 2.18. The van der Waals surface area contributed by atoms with Crippen LogP contribution in [-0.2, 0) is 13.0 Å². The van der Waals surface area contributed by atoms with Crippen LogP contribution in [-0.4, -0.2) is 16.2 Å². The number of rotatable bonds is 4. The van der Waals surface area contributed by atoms with E-state index in [1.165, 1.54) is 0 Å². The van der Waals surface area contributed by atoms with Crippen LogP contribution in [0, 0.1) is 5.41 Å². The van der Waals surface area contributed by atoms with Gasteiger partial charge in [-0.1, -0.05) is 39.8 Å². The lowest BCUT2D eigenvalue weighted by Gasteiger charge is -2.14. The van der Waals surface area contributed by atoms with Gasteiger partial charge >= 0.3 is 0 Å². The minimum absolute atomic E-state index is 0.201. The maximum absolute atomic E-state index is 5.14. The second kappa shape index (κ2) is 4.75. The molecule has 1 rings (SSSR count). The van der Waals surface area contributed by atoms with E-state index in [2.05, 4.69) is 50.1 Å². The van der Waals surface area contributed by atoms with Gasteiger partial charge < -0.3 is 9.84 Å². The van der Waals surface area contributed by atoms with Crippen molar-refractivity contribution in [2.45, 2.75) is 53.6 Å². The van der Waals surface area contributed by atoms with E-state index in [4.69, 9.17) is 4.52 Å². The first kappa shape index (κ1) is 12.2. The molecular weight excluding hydrogens is 190 g/mol. The second-order valence-corrected chi connectivity index (χ2v) is 5.38. The quantitative estimate of drug-likeness (QED) is 0.829. The fourth-order valence-corrected chi connectivity index (χ4v) is 1.20. The van der Waals surface area contributed by atoms with E-state index in [-0.39, 0.29) is 5.41 Å². The predicted molar refractivity (Wildman–Crippen MR) is 59.4 cm³/mol. The molecule has 4 heteroatoms. The zero-order valence-electron chi connectivity index (χ0n) is 10.3. The number of hydrogen-bond donors (Lipinski definition) is 1. The van der Waals surface area contributed by atoms with Crippen molar-refractivity contribution < 1.29 is 4.52 Å². The first-order chi connectivity index (χ1) is 6.87. The summed E-state index contributed by atoms with van der Waals surface area (Å²) < 4.78 is 5.14. The summed E-state index contributed by atoms with van der Waals surface area (Å²) in [6.45, 7) is 11.3. The second-order valence-electron chi connectivity index (χ2n) is 5.38. The molecule has 0 radical (unpaired) electrons. The van der Waals surface area contributed by atoms with Gasteiger partial charge in [0.25, 0.3) is 0 Å². The van der Waals surface area contributed by atoms with Crippen LogP contribution in [0.25, 0.3) is 0 Å². The highest BCUT2D eigenvalue weighted by Gasteiger charge is 2.16. The van der Waals surface area contributed by atoms with Crippen molar-refractivity contribution in [3.8, 4) is 0 Å². The van der Waals surface area contributed by atoms with Crippen molar-refractivity contribution in [3.05, 3.63) is 11.7 Å². The van der Waals surface area contributed by atoms with Crippen LogP contribution in [0.5, 0.6) is 0 Å². The Balaban J connectivity index is 2.49. The van der Waals surface area contributed by atoms with Gasteiger partial charge in [0.05, 0.1) is 6.54 Å². The lowest BCUT2D eigenvalue weighted by molar-refractivity contribution is 0.345. The van der Waals surface area contributed by atoms with Crippen LogP contribution in [0.4, 0.5) is 0 Å². The molecule has 0 aliphatic rings. The zero-order valence-corrected chi connectivity index (χ0v) is 10.3. The Morgan fingerprint density at radius 2 is 2.00 bits per heavy atom. The van der Waals surface area contributed by atoms with Gasteiger partial charge in [-0.15, -0.1) is 0 Å². The lowest BCUT2D eigenvalue weighted by Crippen LogP contribution is -2.22. The minimum Gasteiger partial charge on any atom is -0.338 e. The number of nitrogens with one attached hydrogen (secondary N) is 1. The minimum atomic E-state index is 0.201. The molecule has 0 bridgehead atoms. The van der Waals surface area contributed by atoms with E-state index in [0.717, 1.165) is 12.2 Å². The monoisotopic (exact) mass is 211 g/mol. The molecule has 1 aromatic rings. The van der Waals surface area contributed by atoms with Crippen molar-refractivity contribution in [1.82, 2.24) is 15.5 Å². The van der Waals surface area contributed by atoms with Gasteiger partial charge in [-0.25, -0.2) is 0 Å². The summed E-state index contributed by atoms with van der Waals surface area (Å²) in [4.78, 5) is 4.33. The Kier molecular flexibility index (Phi) is 3.85. The van der Waals surface area contributed by atoms with Crippen LogP contribution in [0.15, 0.2) is 4.52 Å². The summed E-state index contributed by atoms with van der Waals surface area (Å²) in [7, 11) is 0. The Labute approximate surface area is 91.5 Å². The summed E-state index contributed by atoms with van der Waals surface area (Å²) >= 11 is 0. The summed E-state index contributed by atoms with van der Waals surface area (Å²) in [5.41, 5.74) is 0.201. The number of nitrogens with zero attached hydrogens (tertiary/aromatic N) is 2. The summed E-state index contributed by atoms with van der Waals surface area (Å²) in [6.07, 6.45) is 0.845. The van der Waals surface area contributed by atoms with Gasteiger partial charge in [0, 0.05) is 12.5 Å². The average molecular weight is 211 g/mol. The molecule has 1 heterocycles. The van der Waals surface area contributed by atoms with Gasteiger partial charge in [0.15, 0.2) is 5.82 Å². The van der Waals surface area contributed by atoms with Crippen LogP contribution in [0.1, 0.15) is 46.3 Å². The molecule has 0 aromatic carbocycles. The van der Waals surface area contributed by atoms with Crippen molar-refractivity contribution in [2.75, 3.05) is 0 Å². The van der Waals surface area contributed by atoms with Crippen LogP contribution in [0.3, 0.4) is 0 Å². The van der Waals surface area contributed by atoms with E-state index < -0.39 is 0 Å². The third kappa shape index (κ3) is 4.93. The Bertz CT molecular complexity index is 299. The Morgan fingerprint density at radius 1 is 1.33 bits per heavy atom. The molecule has 1 N–H and O–H groups in total. The molecule has 0 saturated carbocycles. The molecule has 0 unspecified atom stereocenters. The van der Waals surface area contributed by atoms with Gasteiger partial charge in [-0.2, -0.15) is 4.98 Å². The Morgan fingerprint density at radius 3 is 2.53 bits per heavy atom. The normalized spacial score (nSPS) is 12.4. The fraction of sp³-hybridized carbons (Fsp3) is 0.818. The molecule has 4 nitrogen and oxygen atoms in total. The summed E-state index contributed by atoms with van der Waals surface area (Å²) in [5, 5.41) is 7.20. The standard InChI is InChI=1S/C11H21N3O/c1-8(2)12-7-10-13-9(14-15-10)6-11(3,4)5/h8,12H,6-7H2,1-5H3. The van der Waals surface area contributed by atoms with E-state index in [1.807, 2.05) is 0 Å². The molecule has 0 fully saturated rings. The molecule has 1 aromatic heterocycles. The summed E-state index contributed by atoms with van der Waals surface area (Å²) in [5.74, 6) is 1.46.